The molecule has 0 N–H and O–H groups in total. The Morgan fingerprint density at radius 2 is 1.52 bits per heavy atom. The van der Waals surface area contributed by atoms with Gasteiger partial charge in [-0.3, -0.25) is 4.79 Å². The second-order valence-electron chi connectivity index (χ2n) is 6.27. The molecule has 0 saturated carbocycles. The molecule has 0 spiro atoms. The van der Waals surface area contributed by atoms with E-state index < -0.39 is 17.3 Å². The zero-order chi connectivity index (χ0) is 20.4. The molecule has 0 unspecified atom stereocenters. The van der Waals surface area contributed by atoms with Crippen LogP contribution in [0.1, 0.15) is 11.1 Å². The predicted octanol–water partition coefficient (Wildman–Crippen LogP) is 4.96. The third-order valence-corrected chi connectivity index (χ3v) is 4.36. The average Bonchev–Trinajstić information content (AvgIpc) is 2.73. The molecule has 3 aromatic carbocycles. The third-order valence-electron chi connectivity index (χ3n) is 4.36. The minimum absolute atomic E-state index is 0.140. The molecule has 7 heteroatoms. The fourth-order valence-corrected chi connectivity index (χ4v) is 2.99. The van der Waals surface area contributed by atoms with Crippen molar-refractivity contribution in [3.8, 4) is 11.4 Å². The number of nitrogens with zero attached hydrogens (tertiary/aromatic N) is 3. The molecule has 4 aromatic rings. The Hall–Kier alpha value is -3.74. The van der Waals surface area contributed by atoms with Crippen LogP contribution >= 0.6 is 0 Å². The van der Waals surface area contributed by atoms with Crippen molar-refractivity contribution in [3.05, 3.63) is 100 Å². The summed E-state index contributed by atoms with van der Waals surface area (Å²) in [5.41, 5.74) is -0.323. The van der Waals surface area contributed by atoms with E-state index in [9.17, 15) is 18.0 Å². The Balaban J connectivity index is 1.94. The first kappa shape index (κ1) is 18.6. The van der Waals surface area contributed by atoms with Gasteiger partial charge in [-0.25, -0.2) is 4.98 Å². The lowest BCUT2D eigenvalue weighted by atomic mass is 10.1. The van der Waals surface area contributed by atoms with Crippen molar-refractivity contribution < 1.29 is 13.2 Å². The van der Waals surface area contributed by atoms with Gasteiger partial charge in [-0.1, -0.05) is 60.7 Å². The van der Waals surface area contributed by atoms with Crippen molar-refractivity contribution in [2.45, 2.75) is 6.18 Å². The average molecular weight is 393 g/mol. The first-order valence-electron chi connectivity index (χ1n) is 8.73. The van der Waals surface area contributed by atoms with Gasteiger partial charge in [0.15, 0.2) is 5.82 Å². The maximum Gasteiger partial charge on any atom is 0.417 e. The summed E-state index contributed by atoms with van der Waals surface area (Å²) in [4.78, 5) is 17.5. The van der Waals surface area contributed by atoms with E-state index in [-0.39, 0.29) is 11.4 Å². The van der Waals surface area contributed by atoms with E-state index in [1.165, 1.54) is 18.2 Å². The van der Waals surface area contributed by atoms with Crippen LogP contribution in [0.4, 0.5) is 13.2 Å². The number of benzene rings is 3. The lowest BCUT2D eigenvalue weighted by molar-refractivity contribution is -0.137. The molecule has 0 aliphatic carbocycles. The monoisotopic (exact) mass is 393 g/mol. The summed E-state index contributed by atoms with van der Waals surface area (Å²) in [6.07, 6.45) is -3.50. The quantitative estimate of drug-likeness (QED) is 0.462. The number of hydrogen-bond donors (Lipinski definition) is 0. The van der Waals surface area contributed by atoms with Gasteiger partial charge in [-0.2, -0.15) is 22.9 Å². The van der Waals surface area contributed by atoms with Crippen LogP contribution in [0.3, 0.4) is 0 Å². The number of para-hydroxylation sites is 1. The molecule has 29 heavy (non-hydrogen) atoms. The van der Waals surface area contributed by atoms with E-state index in [0.717, 1.165) is 17.0 Å². The summed E-state index contributed by atoms with van der Waals surface area (Å²) < 4.78 is 40.8. The van der Waals surface area contributed by atoms with Crippen molar-refractivity contribution in [1.82, 2.24) is 9.66 Å². The second kappa shape index (κ2) is 7.35. The standard InChI is InChI=1S/C22H14F3N3O/c23-22(24,25)18-12-6-4-10-16(18)14-26-28-20(15-8-2-1-3-9-15)27-19-13-7-5-11-17(19)21(28)29/h1-14H. The van der Waals surface area contributed by atoms with Crippen LogP contribution in [0.2, 0.25) is 0 Å². The zero-order valence-corrected chi connectivity index (χ0v) is 15.0. The van der Waals surface area contributed by atoms with Crippen LogP contribution in [0.5, 0.6) is 0 Å². The summed E-state index contributed by atoms with van der Waals surface area (Å²) in [5, 5.41) is 4.42. The molecule has 0 amide bonds. The molecule has 0 atom stereocenters. The van der Waals surface area contributed by atoms with Crippen molar-refractivity contribution in [1.29, 1.82) is 0 Å². The normalized spacial score (nSPS) is 12.0. The number of hydrogen-bond acceptors (Lipinski definition) is 3. The highest BCUT2D eigenvalue weighted by Crippen LogP contribution is 2.31. The molecule has 1 heterocycles. The molecule has 4 rings (SSSR count). The van der Waals surface area contributed by atoms with Gasteiger partial charge < -0.3 is 0 Å². The molecule has 0 bridgehead atoms. The molecule has 144 valence electrons. The molecule has 0 saturated heterocycles. The molecular formula is C22H14F3N3O. The lowest BCUT2D eigenvalue weighted by Crippen LogP contribution is -2.20. The van der Waals surface area contributed by atoms with E-state index >= 15 is 0 Å². The van der Waals surface area contributed by atoms with Gasteiger partial charge in [0.1, 0.15) is 0 Å². The first-order valence-corrected chi connectivity index (χ1v) is 8.73. The highest BCUT2D eigenvalue weighted by atomic mass is 19.4. The van der Waals surface area contributed by atoms with Gasteiger partial charge in [-0.15, -0.1) is 0 Å². The summed E-state index contributed by atoms with van der Waals surface area (Å²) >= 11 is 0. The van der Waals surface area contributed by atoms with Crippen molar-refractivity contribution in [3.63, 3.8) is 0 Å². The van der Waals surface area contributed by atoms with Gasteiger partial charge in [0.2, 0.25) is 0 Å². The van der Waals surface area contributed by atoms with E-state index in [1.807, 2.05) is 6.07 Å². The Kier molecular flexibility index (Phi) is 4.72. The Morgan fingerprint density at radius 1 is 0.862 bits per heavy atom. The fraction of sp³-hybridized carbons (Fsp3) is 0.0455. The van der Waals surface area contributed by atoms with E-state index in [1.54, 1.807) is 48.5 Å². The zero-order valence-electron chi connectivity index (χ0n) is 15.0. The highest BCUT2D eigenvalue weighted by Gasteiger charge is 2.32. The smallest absolute Gasteiger partial charge is 0.267 e. The molecule has 0 fully saturated rings. The molecule has 4 nitrogen and oxygen atoms in total. The van der Waals surface area contributed by atoms with Crippen LogP contribution in [-0.2, 0) is 6.18 Å². The Morgan fingerprint density at radius 3 is 2.28 bits per heavy atom. The highest BCUT2D eigenvalue weighted by molar-refractivity contribution is 5.83. The minimum Gasteiger partial charge on any atom is -0.267 e. The second-order valence-corrected chi connectivity index (χ2v) is 6.27. The summed E-state index contributed by atoms with van der Waals surface area (Å²) in [5.74, 6) is 0.245. The van der Waals surface area contributed by atoms with Crippen molar-refractivity contribution >= 4 is 17.1 Å². The summed E-state index contributed by atoms with van der Waals surface area (Å²) in [7, 11) is 0. The molecule has 1 aromatic heterocycles. The number of alkyl halides is 3. The molecule has 0 aliphatic heterocycles. The fourth-order valence-electron chi connectivity index (χ4n) is 2.99. The summed E-state index contributed by atoms with van der Waals surface area (Å²) in [6, 6.07) is 20.7. The van der Waals surface area contributed by atoms with Gasteiger partial charge in [0.05, 0.1) is 22.7 Å². The first-order chi connectivity index (χ1) is 13.9. The number of aromatic nitrogens is 2. The minimum atomic E-state index is -4.53. The van der Waals surface area contributed by atoms with Gasteiger partial charge in [0.25, 0.3) is 5.56 Å². The number of rotatable bonds is 3. The van der Waals surface area contributed by atoms with Gasteiger partial charge in [0, 0.05) is 11.1 Å². The van der Waals surface area contributed by atoms with Gasteiger partial charge >= 0.3 is 6.18 Å². The number of fused-ring (bicyclic) bond motifs is 1. The van der Waals surface area contributed by atoms with Gasteiger partial charge in [-0.05, 0) is 18.2 Å². The molecule has 0 aliphatic rings. The predicted molar refractivity (Wildman–Crippen MR) is 106 cm³/mol. The Bertz CT molecular complexity index is 1260. The molecular weight excluding hydrogens is 379 g/mol. The SMILES string of the molecule is O=c1c2ccccc2nc(-c2ccccc2)n1N=Cc1ccccc1C(F)(F)F. The maximum absolute atomic E-state index is 13.3. The topological polar surface area (TPSA) is 47.2 Å². The third kappa shape index (κ3) is 3.67. The van der Waals surface area contributed by atoms with Crippen LogP contribution < -0.4 is 5.56 Å². The van der Waals surface area contributed by atoms with Crippen LogP contribution in [-0.4, -0.2) is 15.9 Å². The van der Waals surface area contributed by atoms with E-state index in [4.69, 9.17) is 0 Å². The van der Waals surface area contributed by atoms with Crippen molar-refractivity contribution in [2.24, 2.45) is 5.10 Å². The Labute approximate surface area is 163 Å². The van der Waals surface area contributed by atoms with Crippen LogP contribution in [0.15, 0.2) is 88.8 Å². The molecule has 0 radical (unpaired) electrons. The van der Waals surface area contributed by atoms with Crippen molar-refractivity contribution in [2.75, 3.05) is 0 Å². The lowest BCUT2D eigenvalue weighted by Gasteiger charge is -2.11. The number of halogens is 3. The maximum atomic E-state index is 13.3. The van der Waals surface area contributed by atoms with Crippen LogP contribution in [0.25, 0.3) is 22.3 Å². The van der Waals surface area contributed by atoms with E-state index in [2.05, 4.69) is 10.1 Å². The van der Waals surface area contributed by atoms with E-state index in [0.29, 0.717) is 16.5 Å². The van der Waals surface area contributed by atoms with Crippen LogP contribution in [0, 0.1) is 0 Å². The summed E-state index contributed by atoms with van der Waals surface area (Å²) in [6.45, 7) is 0. The largest absolute Gasteiger partial charge is 0.417 e.